The maximum atomic E-state index is 11.9. The van der Waals surface area contributed by atoms with E-state index in [0.29, 0.717) is 6.42 Å². The lowest BCUT2D eigenvalue weighted by atomic mass is 10.0. The Bertz CT molecular complexity index is 404. The van der Waals surface area contributed by atoms with Crippen LogP contribution in [0, 0.1) is 5.92 Å². The molecule has 0 fully saturated rings. The molecule has 0 aromatic heterocycles. The minimum atomic E-state index is -0.696. The highest BCUT2D eigenvalue weighted by Crippen LogP contribution is 2.07. The van der Waals surface area contributed by atoms with Crippen molar-refractivity contribution in [2.24, 2.45) is 11.0 Å². The van der Waals surface area contributed by atoms with E-state index < -0.39 is 17.9 Å². The molecule has 0 bridgehead atoms. The summed E-state index contributed by atoms with van der Waals surface area (Å²) in [6.45, 7) is 3.89. The molecular weight excluding hydrogens is 250 g/mol. The highest BCUT2D eigenvalue weighted by atomic mass is 16.5. The number of amides is 2. The van der Waals surface area contributed by atoms with Crippen molar-refractivity contribution in [3.05, 3.63) is 0 Å². The Morgan fingerprint density at radius 2 is 2.11 bits per heavy atom. The molecule has 1 rings (SSSR count). The van der Waals surface area contributed by atoms with Crippen LogP contribution >= 0.6 is 0 Å². The van der Waals surface area contributed by atoms with Gasteiger partial charge in [0.05, 0.1) is 7.11 Å². The van der Waals surface area contributed by atoms with Gasteiger partial charge in [-0.1, -0.05) is 13.8 Å². The lowest BCUT2D eigenvalue weighted by Crippen LogP contribution is -2.46. The number of nitrogens with zero attached hydrogens (tertiary/aromatic N) is 1. The Hall–Kier alpha value is -1.92. The summed E-state index contributed by atoms with van der Waals surface area (Å²) < 4.78 is 4.66. The molecule has 0 aromatic rings. The minimum Gasteiger partial charge on any atom is -0.467 e. The summed E-state index contributed by atoms with van der Waals surface area (Å²) in [6.07, 6.45) is 0.977. The number of rotatable bonds is 5. The molecule has 1 atom stereocenters. The van der Waals surface area contributed by atoms with Crippen LogP contribution in [0.3, 0.4) is 0 Å². The number of methoxy groups -OCH3 is 1. The van der Waals surface area contributed by atoms with Crippen LogP contribution in [-0.4, -0.2) is 36.6 Å². The molecule has 106 valence electrons. The SMILES string of the molecule is COC(=O)C(CC(C)C)NC(=O)C1=NNC(=O)CC1. The minimum absolute atomic E-state index is 0.219. The molecule has 1 heterocycles. The molecule has 1 aliphatic rings. The highest BCUT2D eigenvalue weighted by Gasteiger charge is 2.26. The Morgan fingerprint density at radius 3 is 2.58 bits per heavy atom. The van der Waals surface area contributed by atoms with Gasteiger partial charge in [0.15, 0.2) is 0 Å². The molecular formula is C12H19N3O4. The first-order chi connectivity index (χ1) is 8.93. The smallest absolute Gasteiger partial charge is 0.328 e. The van der Waals surface area contributed by atoms with Gasteiger partial charge < -0.3 is 10.1 Å². The van der Waals surface area contributed by atoms with Crippen molar-refractivity contribution < 1.29 is 19.1 Å². The number of nitrogens with one attached hydrogen (secondary N) is 2. The molecule has 0 radical (unpaired) electrons. The molecule has 0 aromatic carbocycles. The van der Waals surface area contributed by atoms with E-state index in [1.807, 2.05) is 13.8 Å². The summed E-state index contributed by atoms with van der Waals surface area (Å²) in [5, 5.41) is 6.27. The van der Waals surface area contributed by atoms with E-state index in [1.54, 1.807) is 0 Å². The quantitative estimate of drug-likeness (QED) is 0.684. The summed E-state index contributed by atoms with van der Waals surface area (Å²) in [7, 11) is 1.28. The number of hydrogen-bond acceptors (Lipinski definition) is 5. The monoisotopic (exact) mass is 269 g/mol. The second kappa shape index (κ2) is 6.86. The zero-order valence-corrected chi connectivity index (χ0v) is 11.4. The standard InChI is InChI=1S/C12H19N3O4/c1-7(2)6-9(12(18)19-3)13-11(17)8-4-5-10(16)15-14-8/h7,9H,4-6H2,1-3H3,(H,13,17)(H,15,16). The second-order valence-electron chi connectivity index (χ2n) is 4.77. The van der Waals surface area contributed by atoms with Gasteiger partial charge in [-0.3, -0.25) is 9.59 Å². The number of hydrazone groups is 1. The average Bonchev–Trinajstić information content (AvgIpc) is 2.37. The number of carbonyl (C=O) groups excluding carboxylic acids is 3. The zero-order chi connectivity index (χ0) is 14.4. The van der Waals surface area contributed by atoms with Crippen LogP contribution < -0.4 is 10.7 Å². The van der Waals surface area contributed by atoms with Crippen molar-refractivity contribution in [3.63, 3.8) is 0 Å². The van der Waals surface area contributed by atoms with E-state index in [1.165, 1.54) is 7.11 Å². The van der Waals surface area contributed by atoms with Crippen molar-refractivity contribution in [2.75, 3.05) is 7.11 Å². The van der Waals surface area contributed by atoms with Crippen LogP contribution in [0.2, 0.25) is 0 Å². The zero-order valence-electron chi connectivity index (χ0n) is 11.4. The Balaban J connectivity index is 2.65. The van der Waals surface area contributed by atoms with Crippen LogP contribution in [0.5, 0.6) is 0 Å². The fourth-order valence-electron chi connectivity index (χ4n) is 1.71. The second-order valence-corrected chi connectivity index (χ2v) is 4.77. The number of hydrogen-bond donors (Lipinski definition) is 2. The highest BCUT2D eigenvalue weighted by molar-refractivity contribution is 6.39. The summed E-state index contributed by atoms with van der Waals surface area (Å²) in [5.74, 6) is -0.917. The third kappa shape index (κ3) is 4.69. The van der Waals surface area contributed by atoms with E-state index in [4.69, 9.17) is 0 Å². The Kier molecular flexibility index (Phi) is 5.47. The number of carbonyl (C=O) groups is 3. The third-order valence-electron chi connectivity index (χ3n) is 2.66. The van der Waals surface area contributed by atoms with Gasteiger partial charge in [0.2, 0.25) is 5.91 Å². The fraction of sp³-hybridized carbons (Fsp3) is 0.667. The van der Waals surface area contributed by atoms with E-state index in [-0.39, 0.29) is 30.4 Å². The van der Waals surface area contributed by atoms with Gasteiger partial charge in [-0.25, -0.2) is 10.2 Å². The molecule has 2 amide bonds. The summed E-state index contributed by atoms with van der Waals surface area (Å²) in [5.41, 5.74) is 2.46. The first-order valence-corrected chi connectivity index (χ1v) is 6.18. The predicted octanol–water partition coefficient (Wildman–Crippen LogP) is -0.0437. The summed E-state index contributed by atoms with van der Waals surface area (Å²) >= 11 is 0. The van der Waals surface area contributed by atoms with Gasteiger partial charge in [-0.15, -0.1) is 0 Å². The molecule has 7 heteroatoms. The molecule has 1 unspecified atom stereocenters. The fourth-order valence-corrected chi connectivity index (χ4v) is 1.71. The van der Waals surface area contributed by atoms with Crippen molar-refractivity contribution in [2.45, 2.75) is 39.2 Å². The molecule has 0 saturated heterocycles. The van der Waals surface area contributed by atoms with E-state index in [2.05, 4.69) is 20.6 Å². The maximum Gasteiger partial charge on any atom is 0.328 e. The van der Waals surface area contributed by atoms with Crippen LogP contribution in [0.1, 0.15) is 33.1 Å². The first kappa shape index (κ1) is 15.1. The van der Waals surface area contributed by atoms with Crippen molar-refractivity contribution >= 4 is 23.5 Å². The molecule has 0 aliphatic carbocycles. The number of ether oxygens (including phenoxy) is 1. The molecule has 0 spiro atoms. The van der Waals surface area contributed by atoms with Gasteiger partial charge >= 0.3 is 5.97 Å². The van der Waals surface area contributed by atoms with Gasteiger partial charge in [-0.05, 0) is 12.3 Å². The first-order valence-electron chi connectivity index (χ1n) is 6.18. The van der Waals surface area contributed by atoms with Crippen LogP contribution in [-0.2, 0) is 19.1 Å². The van der Waals surface area contributed by atoms with Crippen molar-refractivity contribution in [3.8, 4) is 0 Å². The van der Waals surface area contributed by atoms with Gasteiger partial charge in [0.1, 0.15) is 11.8 Å². The molecule has 1 aliphatic heterocycles. The summed E-state index contributed by atoms with van der Waals surface area (Å²) in [6, 6.07) is -0.696. The largest absolute Gasteiger partial charge is 0.467 e. The van der Waals surface area contributed by atoms with E-state index >= 15 is 0 Å². The van der Waals surface area contributed by atoms with Crippen LogP contribution in [0.25, 0.3) is 0 Å². The lowest BCUT2D eigenvalue weighted by Gasteiger charge is -2.19. The Labute approximate surface area is 111 Å². The lowest BCUT2D eigenvalue weighted by molar-refractivity contribution is -0.145. The maximum absolute atomic E-state index is 11.9. The average molecular weight is 269 g/mol. The summed E-state index contributed by atoms with van der Waals surface area (Å²) in [4.78, 5) is 34.4. The molecule has 19 heavy (non-hydrogen) atoms. The van der Waals surface area contributed by atoms with Crippen molar-refractivity contribution in [1.82, 2.24) is 10.7 Å². The molecule has 0 saturated carbocycles. The third-order valence-corrected chi connectivity index (χ3v) is 2.66. The Morgan fingerprint density at radius 1 is 1.42 bits per heavy atom. The molecule has 2 N–H and O–H groups in total. The van der Waals surface area contributed by atoms with Gasteiger partial charge in [-0.2, -0.15) is 5.10 Å². The van der Waals surface area contributed by atoms with E-state index in [0.717, 1.165) is 0 Å². The van der Waals surface area contributed by atoms with E-state index in [9.17, 15) is 14.4 Å². The van der Waals surface area contributed by atoms with Gasteiger partial charge in [0.25, 0.3) is 5.91 Å². The predicted molar refractivity (Wildman–Crippen MR) is 68.2 cm³/mol. The van der Waals surface area contributed by atoms with Crippen LogP contribution in [0.15, 0.2) is 5.10 Å². The normalized spacial score (nSPS) is 16.4. The van der Waals surface area contributed by atoms with Gasteiger partial charge in [0, 0.05) is 12.8 Å². The van der Waals surface area contributed by atoms with Crippen molar-refractivity contribution in [1.29, 1.82) is 0 Å². The molecule has 7 nitrogen and oxygen atoms in total. The van der Waals surface area contributed by atoms with Crippen LogP contribution in [0.4, 0.5) is 0 Å². The topological polar surface area (TPSA) is 96.9 Å². The number of esters is 1.